The van der Waals surface area contributed by atoms with Crippen molar-refractivity contribution in [2.75, 3.05) is 26.2 Å². The van der Waals surface area contributed by atoms with Crippen LogP contribution in [0.5, 0.6) is 0 Å². The van der Waals surface area contributed by atoms with E-state index in [-0.39, 0.29) is 24.3 Å². The summed E-state index contributed by atoms with van der Waals surface area (Å²) in [6.45, 7) is 1.99. The zero-order valence-corrected chi connectivity index (χ0v) is 14.0. The summed E-state index contributed by atoms with van der Waals surface area (Å²) in [4.78, 5) is 37.7. The Morgan fingerprint density at radius 2 is 2.09 bits per heavy atom. The van der Waals surface area contributed by atoms with Crippen LogP contribution >= 0.6 is 11.3 Å². The number of hydrogen-bond acceptors (Lipinski definition) is 4. The number of hydrogen-bond donors (Lipinski definition) is 2. The number of thiophene rings is 1. The molecule has 7 heteroatoms. The van der Waals surface area contributed by atoms with Crippen molar-refractivity contribution >= 4 is 29.1 Å². The van der Waals surface area contributed by atoms with Gasteiger partial charge in [0, 0.05) is 26.1 Å². The SMILES string of the molecule is O=C(CNC(=O)c1cccs1)NCCCN1CCCCCC1=O. The van der Waals surface area contributed by atoms with E-state index in [1.54, 1.807) is 12.1 Å². The molecule has 0 radical (unpaired) electrons. The largest absolute Gasteiger partial charge is 0.355 e. The molecule has 0 saturated carbocycles. The van der Waals surface area contributed by atoms with Gasteiger partial charge < -0.3 is 15.5 Å². The second-order valence-electron chi connectivity index (χ2n) is 5.55. The molecule has 1 fully saturated rings. The third-order valence-corrected chi connectivity index (χ3v) is 4.62. The van der Waals surface area contributed by atoms with E-state index in [9.17, 15) is 14.4 Å². The molecule has 6 nitrogen and oxygen atoms in total. The van der Waals surface area contributed by atoms with Gasteiger partial charge in [-0.1, -0.05) is 12.5 Å². The van der Waals surface area contributed by atoms with Crippen molar-refractivity contribution in [3.8, 4) is 0 Å². The second-order valence-corrected chi connectivity index (χ2v) is 6.50. The Hall–Kier alpha value is -1.89. The molecule has 23 heavy (non-hydrogen) atoms. The van der Waals surface area contributed by atoms with Crippen molar-refractivity contribution in [1.82, 2.24) is 15.5 Å². The van der Waals surface area contributed by atoms with E-state index in [4.69, 9.17) is 0 Å². The van der Waals surface area contributed by atoms with E-state index < -0.39 is 0 Å². The minimum Gasteiger partial charge on any atom is -0.355 e. The maximum atomic E-state index is 11.8. The molecule has 2 rings (SSSR count). The lowest BCUT2D eigenvalue weighted by atomic mass is 10.2. The number of nitrogens with zero attached hydrogens (tertiary/aromatic N) is 1. The van der Waals surface area contributed by atoms with Crippen molar-refractivity contribution < 1.29 is 14.4 Å². The number of rotatable bonds is 7. The molecular weight excluding hydrogens is 314 g/mol. The fraction of sp³-hybridized carbons (Fsp3) is 0.562. The summed E-state index contributed by atoms with van der Waals surface area (Å²) in [5.74, 6) is -0.223. The number of amides is 3. The van der Waals surface area contributed by atoms with Gasteiger partial charge in [-0.3, -0.25) is 14.4 Å². The van der Waals surface area contributed by atoms with E-state index in [0.29, 0.717) is 24.4 Å². The minimum absolute atomic E-state index is 0.0284. The average molecular weight is 337 g/mol. The summed E-state index contributed by atoms with van der Waals surface area (Å²) in [6.07, 6.45) is 4.53. The zero-order valence-electron chi connectivity index (χ0n) is 13.2. The van der Waals surface area contributed by atoms with Crippen molar-refractivity contribution in [2.24, 2.45) is 0 Å². The van der Waals surface area contributed by atoms with Crippen molar-refractivity contribution in [3.05, 3.63) is 22.4 Å². The molecule has 1 aliphatic heterocycles. The summed E-state index contributed by atoms with van der Waals surface area (Å²) in [5, 5.41) is 7.17. The van der Waals surface area contributed by atoms with Gasteiger partial charge in [0.15, 0.2) is 0 Å². The molecule has 2 heterocycles. The molecular formula is C16H23N3O3S. The van der Waals surface area contributed by atoms with Gasteiger partial charge in [-0.25, -0.2) is 0 Å². The van der Waals surface area contributed by atoms with Crippen LogP contribution < -0.4 is 10.6 Å². The van der Waals surface area contributed by atoms with Crippen LogP contribution in [-0.2, 0) is 9.59 Å². The molecule has 0 spiro atoms. The molecule has 1 aromatic rings. The molecule has 3 amide bonds. The van der Waals surface area contributed by atoms with Crippen LogP contribution in [0.2, 0.25) is 0 Å². The highest BCUT2D eigenvalue weighted by Crippen LogP contribution is 2.11. The third kappa shape index (κ3) is 6.02. The molecule has 0 atom stereocenters. The number of carbonyl (C=O) groups excluding carboxylic acids is 3. The van der Waals surface area contributed by atoms with Gasteiger partial charge in [-0.2, -0.15) is 0 Å². The van der Waals surface area contributed by atoms with Crippen molar-refractivity contribution in [1.29, 1.82) is 0 Å². The van der Waals surface area contributed by atoms with Crippen molar-refractivity contribution in [3.63, 3.8) is 0 Å². The van der Waals surface area contributed by atoms with Crippen molar-refractivity contribution in [2.45, 2.75) is 32.1 Å². The lowest BCUT2D eigenvalue weighted by Crippen LogP contribution is -2.38. The molecule has 1 aliphatic rings. The number of likely N-dealkylation sites (tertiary alicyclic amines) is 1. The minimum atomic E-state index is -0.231. The average Bonchev–Trinajstić information content (AvgIpc) is 3.01. The zero-order chi connectivity index (χ0) is 16.5. The van der Waals surface area contributed by atoms with Crippen LogP contribution in [0.3, 0.4) is 0 Å². The lowest BCUT2D eigenvalue weighted by Gasteiger charge is -2.20. The van der Waals surface area contributed by atoms with E-state index in [2.05, 4.69) is 10.6 Å². The molecule has 0 unspecified atom stereocenters. The van der Waals surface area contributed by atoms with Crippen LogP contribution in [0.4, 0.5) is 0 Å². The highest BCUT2D eigenvalue weighted by Gasteiger charge is 2.15. The molecule has 0 aliphatic carbocycles. The van der Waals surface area contributed by atoms with Gasteiger partial charge in [-0.05, 0) is 30.7 Å². The van der Waals surface area contributed by atoms with E-state index in [1.165, 1.54) is 11.3 Å². The van der Waals surface area contributed by atoms with Crippen LogP contribution in [0, 0.1) is 0 Å². The summed E-state index contributed by atoms with van der Waals surface area (Å²) >= 11 is 1.34. The molecule has 0 bridgehead atoms. The lowest BCUT2D eigenvalue weighted by molar-refractivity contribution is -0.130. The smallest absolute Gasteiger partial charge is 0.261 e. The molecule has 1 aromatic heterocycles. The third-order valence-electron chi connectivity index (χ3n) is 3.75. The normalized spacial score (nSPS) is 15.1. The quantitative estimate of drug-likeness (QED) is 0.738. The Kier molecular flexibility index (Phi) is 7.06. The molecule has 126 valence electrons. The first kappa shape index (κ1) is 17.5. The first-order valence-electron chi connectivity index (χ1n) is 8.03. The molecule has 0 aromatic carbocycles. The van der Waals surface area contributed by atoms with Gasteiger partial charge in [0.1, 0.15) is 0 Å². The van der Waals surface area contributed by atoms with Crippen LogP contribution in [0.25, 0.3) is 0 Å². The van der Waals surface area contributed by atoms with Crippen LogP contribution in [0.1, 0.15) is 41.8 Å². The van der Waals surface area contributed by atoms with Gasteiger partial charge >= 0.3 is 0 Å². The highest BCUT2D eigenvalue weighted by atomic mass is 32.1. The maximum absolute atomic E-state index is 11.8. The predicted molar refractivity (Wildman–Crippen MR) is 89.3 cm³/mol. The number of carbonyl (C=O) groups is 3. The van der Waals surface area contributed by atoms with Crippen LogP contribution in [0.15, 0.2) is 17.5 Å². The number of nitrogens with one attached hydrogen (secondary N) is 2. The van der Waals surface area contributed by atoms with E-state index >= 15 is 0 Å². The fourth-order valence-electron chi connectivity index (χ4n) is 2.49. The van der Waals surface area contributed by atoms with E-state index in [0.717, 1.165) is 32.2 Å². The Balaban J connectivity index is 1.57. The van der Waals surface area contributed by atoms with Gasteiger partial charge in [0.2, 0.25) is 11.8 Å². The molecule has 2 N–H and O–H groups in total. The summed E-state index contributed by atoms with van der Waals surface area (Å²) in [7, 11) is 0. The topological polar surface area (TPSA) is 78.5 Å². The fourth-order valence-corrected chi connectivity index (χ4v) is 3.13. The second kappa shape index (κ2) is 9.29. The summed E-state index contributed by atoms with van der Waals surface area (Å²) in [5.41, 5.74) is 0. The first-order valence-corrected chi connectivity index (χ1v) is 8.91. The Morgan fingerprint density at radius 3 is 2.87 bits per heavy atom. The summed E-state index contributed by atoms with van der Waals surface area (Å²) in [6, 6.07) is 3.51. The monoisotopic (exact) mass is 337 g/mol. The predicted octanol–water partition coefficient (Wildman–Crippen LogP) is 1.39. The first-order chi connectivity index (χ1) is 11.2. The highest BCUT2D eigenvalue weighted by molar-refractivity contribution is 7.12. The molecule has 1 saturated heterocycles. The van der Waals surface area contributed by atoms with Gasteiger partial charge in [0.05, 0.1) is 11.4 Å². The van der Waals surface area contributed by atoms with Gasteiger partial charge in [0.25, 0.3) is 5.91 Å². The Bertz CT molecular complexity index is 531. The maximum Gasteiger partial charge on any atom is 0.261 e. The van der Waals surface area contributed by atoms with Crippen LogP contribution in [-0.4, -0.2) is 48.8 Å². The summed E-state index contributed by atoms with van der Waals surface area (Å²) < 4.78 is 0. The Morgan fingerprint density at radius 1 is 1.22 bits per heavy atom. The standard InChI is InChI=1S/C16H23N3O3S/c20-14(12-18-16(22)13-6-4-11-23-13)17-8-5-10-19-9-3-1-2-7-15(19)21/h4,6,11H,1-3,5,7-10,12H2,(H,17,20)(H,18,22). The van der Waals surface area contributed by atoms with Gasteiger partial charge in [-0.15, -0.1) is 11.3 Å². The Labute approximate surface area is 140 Å². The van der Waals surface area contributed by atoms with E-state index in [1.807, 2.05) is 10.3 Å².